The normalized spacial score (nSPS) is 13.7. The molecule has 0 spiro atoms. The van der Waals surface area contributed by atoms with E-state index in [0.29, 0.717) is 10.6 Å². The molecule has 3 rings (SSSR count). The number of nitriles is 1. The first-order valence-corrected chi connectivity index (χ1v) is 6.87. The van der Waals surface area contributed by atoms with Gasteiger partial charge in [-0.25, -0.2) is 0 Å². The van der Waals surface area contributed by atoms with E-state index in [0.717, 1.165) is 36.4 Å². The van der Waals surface area contributed by atoms with E-state index in [1.807, 2.05) is 18.2 Å². The van der Waals surface area contributed by atoms with Crippen molar-refractivity contribution < 1.29 is 0 Å². The van der Waals surface area contributed by atoms with Crippen LogP contribution < -0.4 is 10.6 Å². The molecule has 20 heavy (non-hydrogen) atoms. The molecule has 0 atom stereocenters. The SMILES string of the molecule is N#Cc1ccc(Cl)cc1N1CCc2cccc(N)c2C1. The highest BCUT2D eigenvalue weighted by atomic mass is 35.5. The Morgan fingerprint density at radius 3 is 2.90 bits per heavy atom. The lowest BCUT2D eigenvalue weighted by Gasteiger charge is -2.32. The Bertz CT molecular complexity index is 703. The minimum atomic E-state index is 0.644. The van der Waals surface area contributed by atoms with Crippen molar-refractivity contribution in [3.63, 3.8) is 0 Å². The number of hydrogen-bond donors (Lipinski definition) is 1. The largest absolute Gasteiger partial charge is 0.398 e. The molecule has 3 nitrogen and oxygen atoms in total. The summed E-state index contributed by atoms with van der Waals surface area (Å²) in [5.41, 5.74) is 10.9. The Morgan fingerprint density at radius 2 is 2.10 bits per heavy atom. The Labute approximate surface area is 123 Å². The minimum absolute atomic E-state index is 0.644. The lowest BCUT2D eigenvalue weighted by Crippen LogP contribution is -2.31. The molecular weight excluding hydrogens is 270 g/mol. The van der Waals surface area contributed by atoms with Crippen LogP contribution in [0.5, 0.6) is 0 Å². The number of hydrogen-bond acceptors (Lipinski definition) is 3. The molecule has 0 saturated carbocycles. The van der Waals surface area contributed by atoms with Gasteiger partial charge >= 0.3 is 0 Å². The van der Waals surface area contributed by atoms with Crippen molar-refractivity contribution >= 4 is 23.0 Å². The van der Waals surface area contributed by atoms with Gasteiger partial charge in [0.1, 0.15) is 6.07 Å². The predicted molar refractivity (Wildman–Crippen MR) is 81.8 cm³/mol. The Balaban J connectivity index is 2.01. The van der Waals surface area contributed by atoms with Crippen molar-refractivity contribution in [1.82, 2.24) is 0 Å². The van der Waals surface area contributed by atoms with Crippen molar-refractivity contribution in [1.29, 1.82) is 5.26 Å². The van der Waals surface area contributed by atoms with E-state index in [9.17, 15) is 5.26 Å². The van der Waals surface area contributed by atoms with E-state index >= 15 is 0 Å². The van der Waals surface area contributed by atoms with Crippen molar-refractivity contribution in [3.05, 3.63) is 58.1 Å². The van der Waals surface area contributed by atoms with Gasteiger partial charge in [0, 0.05) is 23.8 Å². The fourth-order valence-corrected chi connectivity index (χ4v) is 2.84. The number of nitrogens with zero attached hydrogens (tertiary/aromatic N) is 2. The molecule has 0 bridgehead atoms. The molecule has 2 aromatic rings. The van der Waals surface area contributed by atoms with Gasteiger partial charge in [0.15, 0.2) is 0 Å². The van der Waals surface area contributed by atoms with Gasteiger partial charge in [-0.1, -0.05) is 23.7 Å². The van der Waals surface area contributed by atoms with Crippen LogP contribution in [0, 0.1) is 11.3 Å². The molecule has 0 saturated heterocycles. The second-order valence-electron chi connectivity index (χ2n) is 4.93. The number of nitrogens with two attached hydrogens (primary N) is 1. The highest BCUT2D eigenvalue weighted by molar-refractivity contribution is 6.30. The van der Waals surface area contributed by atoms with Crippen LogP contribution in [0.15, 0.2) is 36.4 Å². The fourth-order valence-electron chi connectivity index (χ4n) is 2.67. The van der Waals surface area contributed by atoms with Gasteiger partial charge in [0.2, 0.25) is 0 Å². The van der Waals surface area contributed by atoms with E-state index in [1.54, 1.807) is 12.1 Å². The first kappa shape index (κ1) is 12.8. The Morgan fingerprint density at radius 1 is 1.25 bits per heavy atom. The second-order valence-corrected chi connectivity index (χ2v) is 5.37. The van der Waals surface area contributed by atoms with Crippen molar-refractivity contribution in [2.75, 3.05) is 17.2 Å². The van der Waals surface area contributed by atoms with Crippen LogP contribution in [0.3, 0.4) is 0 Å². The molecule has 4 heteroatoms. The number of anilines is 2. The van der Waals surface area contributed by atoms with Gasteiger partial charge in [-0.05, 0) is 41.8 Å². The van der Waals surface area contributed by atoms with Crippen LogP contribution in [-0.4, -0.2) is 6.54 Å². The second kappa shape index (κ2) is 5.07. The van der Waals surface area contributed by atoms with E-state index in [-0.39, 0.29) is 0 Å². The summed E-state index contributed by atoms with van der Waals surface area (Å²) in [7, 11) is 0. The van der Waals surface area contributed by atoms with Crippen molar-refractivity contribution in [2.45, 2.75) is 13.0 Å². The number of halogens is 1. The lowest BCUT2D eigenvalue weighted by molar-refractivity contribution is 0.733. The van der Waals surface area contributed by atoms with Gasteiger partial charge < -0.3 is 10.6 Å². The number of nitrogen functional groups attached to an aromatic ring is 1. The Kier molecular flexibility index (Phi) is 3.25. The molecule has 2 N–H and O–H groups in total. The van der Waals surface area contributed by atoms with Gasteiger partial charge in [-0.3, -0.25) is 0 Å². The molecule has 1 aliphatic heterocycles. The third kappa shape index (κ3) is 2.19. The molecule has 100 valence electrons. The van der Waals surface area contributed by atoms with E-state index < -0.39 is 0 Å². The summed E-state index contributed by atoms with van der Waals surface area (Å²) in [4.78, 5) is 2.17. The first-order chi connectivity index (χ1) is 9.69. The number of benzene rings is 2. The van der Waals surface area contributed by atoms with Crippen molar-refractivity contribution in [3.8, 4) is 6.07 Å². The summed E-state index contributed by atoms with van der Waals surface area (Å²) in [6, 6.07) is 13.6. The molecule has 0 fully saturated rings. The van der Waals surface area contributed by atoms with E-state index in [4.69, 9.17) is 17.3 Å². The molecule has 0 aliphatic carbocycles. The average Bonchev–Trinajstić information content (AvgIpc) is 2.47. The number of fused-ring (bicyclic) bond motifs is 1. The molecule has 1 heterocycles. The Hall–Kier alpha value is -2.18. The van der Waals surface area contributed by atoms with Crippen LogP contribution in [0.2, 0.25) is 5.02 Å². The maximum Gasteiger partial charge on any atom is 0.101 e. The van der Waals surface area contributed by atoms with Gasteiger partial charge in [-0.15, -0.1) is 0 Å². The molecule has 0 unspecified atom stereocenters. The van der Waals surface area contributed by atoms with Crippen molar-refractivity contribution in [2.24, 2.45) is 0 Å². The smallest absolute Gasteiger partial charge is 0.101 e. The zero-order valence-electron chi connectivity index (χ0n) is 10.9. The maximum atomic E-state index is 9.25. The maximum absolute atomic E-state index is 9.25. The standard InChI is InChI=1S/C16H14ClN3/c17-13-5-4-12(9-18)16(8-13)20-7-6-11-2-1-3-15(19)14(11)10-20/h1-5,8H,6-7,10,19H2. The third-order valence-corrected chi connectivity index (χ3v) is 3.97. The molecule has 1 aliphatic rings. The molecular formula is C16H14ClN3. The number of rotatable bonds is 1. The third-order valence-electron chi connectivity index (χ3n) is 3.73. The van der Waals surface area contributed by atoms with Crippen LogP contribution in [0.1, 0.15) is 16.7 Å². The topological polar surface area (TPSA) is 53.0 Å². The fraction of sp³-hybridized carbons (Fsp3) is 0.188. The monoisotopic (exact) mass is 283 g/mol. The highest BCUT2D eigenvalue weighted by Gasteiger charge is 2.20. The summed E-state index contributed by atoms with van der Waals surface area (Å²) >= 11 is 6.06. The van der Waals surface area contributed by atoms with Gasteiger partial charge in [-0.2, -0.15) is 5.26 Å². The summed E-state index contributed by atoms with van der Waals surface area (Å²) in [5.74, 6) is 0. The summed E-state index contributed by atoms with van der Waals surface area (Å²) in [6.07, 6.45) is 0.928. The molecule has 0 aromatic heterocycles. The summed E-state index contributed by atoms with van der Waals surface area (Å²) in [6.45, 7) is 1.59. The van der Waals surface area contributed by atoms with E-state index in [2.05, 4.69) is 17.0 Å². The zero-order valence-corrected chi connectivity index (χ0v) is 11.7. The minimum Gasteiger partial charge on any atom is -0.398 e. The van der Waals surface area contributed by atoms with Gasteiger partial charge in [0.05, 0.1) is 11.3 Å². The quantitative estimate of drug-likeness (QED) is 0.817. The van der Waals surface area contributed by atoms with Gasteiger partial charge in [0.25, 0.3) is 0 Å². The molecule has 2 aromatic carbocycles. The van der Waals surface area contributed by atoms with Crippen LogP contribution in [0.25, 0.3) is 0 Å². The lowest BCUT2D eigenvalue weighted by atomic mass is 9.97. The van der Waals surface area contributed by atoms with E-state index in [1.165, 1.54) is 5.56 Å². The van der Waals surface area contributed by atoms with Crippen LogP contribution in [-0.2, 0) is 13.0 Å². The molecule has 0 radical (unpaired) electrons. The van der Waals surface area contributed by atoms with Crippen LogP contribution >= 0.6 is 11.6 Å². The first-order valence-electron chi connectivity index (χ1n) is 6.50. The van der Waals surface area contributed by atoms with Crippen LogP contribution in [0.4, 0.5) is 11.4 Å². The average molecular weight is 284 g/mol. The predicted octanol–water partition coefficient (Wildman–Crippen LogP) is 3.36. The summed E-state index contributed by atoms with van der Waals surface area (Å²) < 4.78 is 0. The zero-order chi connectivity index (χ0) is 14.1. The molecule has 0 amide bonds. The summed E-state index contributed by atoms with van der Waals surface area (Å²) in [5, 5.41) is 9.89. The highest BCUT2D eigenvalue weighted by Crippen LogP contribution is 2.31.